The van der Waals surface area contributed by atoms with Crippen LogP contribution in [0.25, 0.3) is 0 Å². The van der Waals surface area contributed by atoms with E-state index in [-0.39, 0.29) is 24.2 Å². The zero-order valence-electron chi connectivity index (χ0n) is 8.71. The summed E-state index contributed by atoms with van der Waals surface area (Å²) in [5.41, 5.74) is 0. The average Bonchev–Trinajstić information content (AvgIpc) is 2.55. The van der Waals surface area contributed by atoms with Gasteiger partial charge in [0.25, 0.3) is 0 Å². The van der Waals surface area contributed by atoms with E-state index in [4.69, 9.17) is 0 Å². The third kappa shape index (κ3) is 4.53. The Morgan fingerprint density at radius 3 is 2.93 bits per heavy atom. The Morgan fingerprint density at radius 1 is 1.71 bits per heavy atom. The molecule has 0 bridgehead atoms. The summed E-state index contributed by atoms with van der Waals surface area (Å²) >= 11 is 1.76. The van der Waals surface area contributed by atoms with Crippen molar-refractivity contribution in [3.05, 3.63) is 0 Å². The Labute approximate surface area is 96.2 Å². The second-order valence-electron chi connectivity index (χ2n) is 3.55. The van der Waals surface area contributed by atoms with Gasteiger partial charge in [0.05, 0.1) is 5.92 Å². The predicted octanol–water partition coefficient (Wildman–Crippen LogP) is 0.885. The lowest BCUT2D eigenvalue weighted by Crippen LogP contribution is -2.39. The summed E-state index contributed by atoms with van der Waals surface area (Å²) in [6.45, 7) is 3.88. The van der Waals surface area contributed by atoms with Crippen LogP contribution < -0.4 is 10.6 Å². The molecule has 1 fully saturated rings. The SMILES string of the molecule is CSCC(C)NC(=O)[C@@H]1CCNC1.Cl. The molecular formula is C9H19ClN2OS. The van der Waals surface area contributed by atoms with Crippen LogP contribution in [0.2, 0.25) is 0 Å². The van der Waals surface area contributed by atoms with E-state index in [0.29, 0.717) is 6.04 Å². The van der Waals surface area contributed by atoms with Crippen LogP contribution in [0.3, 0.4) is 0 Å². The quantitative estimate of drug-likeness (QED) is 0.764. The van der Waals surface area contributed by atoms with Gasteiger partial charge >= 0.3 is 0 Å². The molecule has 1 aliphatic heterocycles. The predicted molar refractivity (Wildman–Crippen MR) is 64.2 cm³/mol. The standard InChI is InChI=1S/C9H18N2OS.ClH/c1-7(6-13-2)11-9(12)8-3-4-10-5-8;/h7-8,10H,3-6H2,1-2H3,(H,11,12);1H/t7?,8-;/m1./s1. The van der Waals surface area contributed by atoms with Gasteiger partial charge in [0, 0.05) is 18.3 Å². The minimum atomic E-state index is 0. The number of halogens is 1. The molecule has 1 heterocycles. The molecule has 5 heteroatoms. The highest BCUT2D eigenvalue weighted by Gasteiger charge is 2.22. The lowest BCUT2D eigenvalue weighted by molar-refractivity contribution is -0.124. The molecule has 2 atom stereocenters. The minimum Gasteiger partial charge on any atom is -0.353 e. The minimum absolute atomic E-state index is 0. The number of carbonyl (C=O) groups is 1. The number of hydrogen-bond acceptors (Lipinski definition) is 3. The van der Waals surface area contributed by atoms with Gasteiger partial charge in [0.15, 0.2) is 0 Å². The summed E-state index contributed by atoms with van der Waals surface area (Å²) in [4.78, 5) is 11.6. The van der Waals surface area contributed by atoms with Crippen molar-refractivity contribution in [1.82, 2.24) is 10.6 Å². The Balaban J connectivity index is 0.00000169. The second-order valence-corrected chi connectivity index (χ2v) is 4.47. The Kier molecular flexibility index (Phi) is 7.41. The van der Waals surface area contributed by atoms with Crippen molar-refractivity contribution in [2.24, 2.45) is 5.92 Å². The van der Waals surface area contributed by atoms with E-state index in [0.717, 1.165) is 25.3 Å². The van der Waals surface area contributed by atoms with Crippen molar-refractivity contribution in [3.63, 3.8) is 0 Å². The summed E-state index contributed by atoms with van der Waals surface area (Å²) in [5.74, 6) is 1.40. The molecule has 0 spiro atoms. The highest BCUT2D eigenvalue weighted by Crippen LogP contribution is 2.08. The maximum Gasteiger partial charge on any atom is 0.224 e. The number of thioether (sulfide) groups is 1. The molecule has 2 N–H and O–H groups in total. The molecule has 14 heavy (non-hydrogen) atoms. The van der Waals surface area contributed by atoms with Crippen LogP contribution in [0.4, 0.5) is 0 Å². The van der Waals surface area contributed by atoms with Crippen LogP contribution in [0.15, 0.2) is 0 Å². The fourth-order valence-electron chi connectivity index (χ4n) is 1.53. The first kappa shape index (κ1) is 14.1. The van der Waals surface area contributed by atoms with E-state index in [1.165, 1.54) is 0 Å². The summed E-state index contributed by atoms with van der Waals surface area (Å²) in [7, 11) is 0. The zero-order chi connectivity index (χ0) is 9.68. The van der Waals surface area contributed by atoms with Gasteiger partial charge in [0.2, 0.25) is 5.91 Å². The van der Waals surface area contributed by atoms with E-state index in [2.05, 4.69) is 23.8 Å². The van der Waals surface area contributed by atoms with Crippen molar-refractivity contribution < 1.29 is 4.79 Å². The van der Waals surface area contributed by atoms with Gasteiger partial charge in [-0.15, -0.1) is 12.4 Å². The van der Waals surface area contributed by atoms with Crippen molar-refractivity contribution in [1.29, 1.82) is 0 Å². The molecular weight excluding hydrogens is 220 g/mol. The van der Waals surface area contributed by atoms with Crippen LogP contribution in [0.1, 0.15) is 13.3 Å². The molecule has 3 nitrogen and oxygen atoms in total. The molecule has 1 aliphatic rings. The molecule has 0 aromatic rings. The van der Waals surface area contributed by atoms with Gasteiger partial charge in [-0.3, -0.25) is 4.79 Å². The third-order valence-electron chi connectivity index (χ3n) is 2.24. The van der Waals surface area contributed by atoms with Crippen molar-refractivity contribution in [3.8, 4) is 0 Å². The molecule has 1 saturated heterocycles. The zero-order valence-corrected chi connectivity index (χ0v) is 10.3. The number of rotatable bonds is 4. The Bertz CT molecular complexity index is 174. The fourth-order valence-corrected chi connectivity index (χ4v) is 2.11. The topological polar surface area (TPSA) is 41.1 Å². The summed E-state index contributed by atoms with van der Waals surface area (Å²) in [6, 6.07) is 0.295. The molecule has 1 amide bonds. The third-order valence-corrected chi connectivity index (χ3v) is 3.07. The maximum absolute atomic E-state index is 11.6. The highest BCUT2D eigenvalue weighted by atomic mass is 35.5. The number of amides is 1. The monoisotopic (exact) mass is 238 g/mol. The van der Waals surface area contributed by atoms with Crippen molar-refractivity contribution in [2.75, 3.05) is 25.1 Å². The van der Waals surface area contributed by atoms with Gasteiger partial charge in [0.1, 0.15) is 0 Å². The number of hydrogen-bond donors (Lipinski definition) is 2. The second kappa shape index (κ2) is 7.37. The van der Waals surface area contributed by atoms with Gasteiger partial charge in [-0.25, -0.2) is 0 Å². The molecule has 1 unspecified atom stereocenters. The molecule has 0 radical (unpaired) electrons. The highest BCUT2D eigenvalue weighted by molar-refractivity contribution is 7.98. The van der Waals surface area contributed by atoms with Crippen LogP contribution in [0.5, 0.6) is 0 Å². The van der Waals surface area contributed by atoms with E-state index >= 15 is 0 Å². The van der Waals surface area contributed by atoms with Crippen molar-refractivity contribution in [2.45, 2.75) is 19.4 Å². The Hall–Kier alpha value is 0.0700. The van der Waals surface area contributed by atoms with E-state index in [9.17, 15) is 4.79 Å². The maximum atomic E-state index is 11.6. The van der Waals surface area contributed by atoms with Gasteiger partial charge in [-0.05, 0) is 26.1 Å². The molecule has 0 aromatic carbocycles. The van der Waals surface area contributed by atoms with E-state index < -0.39 is 0 Å². The molecule has 0 aromatic heterocycles. The molecule has 0 saturated carbocycles. The first-order valence-electron chi connectivity index (χ1n) is 4.74. The average molecular weight is 239 g/mol. The number of carbonyl (C=O) groups excluding carboxylic acids is 1. The first-order chi connectivity index (χ1) is 6.24. The van der Waals surface area contributed by atoms with Gasteiger partial charge in [-0.1, -0.05) is 0 Å². The van der Waals surface area contributed by atoms with E-state index in [1.807, 2.05) is 0 Å². The molecule has 84 valence electrons. The lowest BCUT2D eigenvalue weighted by Gasteiger charge is -2.15. The summed E-state index contributed by atoms with van der Waals surface area (Å²) in [5, 5.41) is 6.22. The van der Waals surface area contributed by atoms with Crippen LogP contribution in [-0.2, 0) is 4.79 Å². The smallest absolute Gasteiger partial charge is 0.224 e. The van der Waals surface area contributed by atoms with E-state index in [1.54, 1.807) is 11.8 Å². The Morgan fingerprint density at radius 2 is 2.43 bits per heavy atom. The largest absolute Gasteiger partial charge is 0.353 e. The van der Waals surface area contributed by atoms with Crippen LogP contribution in [0, 0.1) is 5.92 Å². The molecule has 1 rings (SSSR count). The van der Waals surface area contributed by atoms with Gasteiger partial charge < -0.3 is 10.6 Å². The van der Waals surface area contributed by atoms with Crippen molar-refractivity contribution >= 4 is 30.1 Å². The first-order valence-corrected chi connectivity index (χ1v) is 6.13. The molecule has 0 aliphatic carbocycles. The number of nitrogens with one attached hydrogen (secondary N) is 2. The van der Waals surface area contributed by atoms with Crippen LogP contribution >= 0.6 is 24.2 Å². The summed E-state index contributed by atoms with van der Waals surface area (Å²) < 4.78 is 0. The lowest BCUT2D eigenvalue weighted by atomic mass is 10.1. The van der Waals surface area contributed by atoms with Gasteiger partial charge in [-0.2, -0.15) is 11.8 Å². The normalized spacial score (nSPS) is 22.6. The summed E-state index contributed by atoms with van der Waals surface area (Å²) in [6.07, 6.45) is 3.04. The van der Waals surface area contributed by atoms with Crippen LogP contribution in [-0.4, -0.2) is 37.0 Å². The fraction of sp³-hybridized carbons (Fsp3) is 0.889.